The highest BCUT2D eigenvalue weighted by atomic mass is 19.1. The van der Waals surface area contributed by atoms with Gasteiger partial charge < -0.3 is 20.2 Å². The Balaban J connectivity index is 1.76. The quantitative estimate of drug-likeness (QED) is 0.882. The monoisotopic (exact) mass is 307 g/mol. The second-order valence-corrected chi connectivity index (χ2v) is 6.03. The van der Waals surface area contributed by atoms with E-state index in [1.807, 2.05) is 0 Å². The lowest BCUT2D eigenvalue weighted by Crippen LogP contribution is -2.35. The average molecular weight is 307 g/mol. The summed E-state index contributed by atoms with van der Waals surface area (Å²) in [4.78, 5) is 16.0. The molecule has 3 rings (SSSR count). The van der Waals surface area contributed by atoms with Gasteiger partial charge in [0.2, 0.25) is 0 Å². The van der Waals surface area contributed by atoms with Crippen molar-refractivity contribution in [1.82, 2.24) is 4.90 Å². The summed E-state index contributed by atoms with van der Waals surface area (Å²) >= 11 is 0. The predicted octanol–water partition coefficient (Wildman–Crippen LogP) is 2.41. The second kappa shape index (κ2) is 6.52. The Morgan fingerprint density at radius 1 is 1.23 bits per heavy atom. The maximum atomic E-state index is 13.6. The summed E-state index contributed by atoms with van der Waals surface area (Å²) in [6.45, 7) is 2.72. The van der Waals surface area contributed by atoms with Gasteiger partial charge in [-0.1, -0.05) is 0 Å². The Morgan fingerprint density at radius 3 is 2.68 bits per heavy atom. The third-order valence-electron chi connectivity index (χ3n) is 4.35. The molecule has 0 aromatic heterocycles. The summed E-state index contributed by atoms with van der Waals surface area (Å²) in [6, 6.07) is 4.25. The van der Waals surface area contributed by atoms with Gasteiger partial charge in [-0.25, -0.2) is 9.18 Å². The number of hydrogen-bond donors (Lipinski definition) is 2. The normalized spacial score (nSPS) is 22.0. The zero-order chi connectivity index (χ0) is 15.5. The zero-order valence-corrected chi connectivity index (χ0v) is 12.6. The van der Waals surface area contributed by atoms with Crippen molar-refractivity contribution in [2.24, 2.45) is 0 Å². The highest BCUT2D eigenvalue weighted by Gasteiger charge is 2.25. The van der Waals surface area contributed by atoms with Crippen LogP contribution in [-0.2, 0) is 0 Å². The Hall–Kier alpha value is -1.82. The van der Waals surface area contributed by atoms with E-state index in [9.17, 15) is 14.3 Å². The van der Waals surface area contributed by atoms with Crippen LogP contribution in [0.4, 0.5) is 20.6 Å². The minimum Gasteiger partial charge on any atom is -0.391 e. The van der Waals surface area contributed by atoms with Crippen LogP contribution in [0.5, 0.6) is 0 Å². The van der Waals surface area contributed by atoms with Crippen molar-refractivity contribution in [3.05, 3.63) is 24.0 Å². The Kier molecular flexibility index (Phi) is 4.47. The van der Waals surface area contributed by atoms with E-state index in [-0.39, 0.29) is 11.8 Å². The number of β-amino-alcohol motifs (C(OH)–C–C–N with tert-alkyl or cyclic N) is 1. The van der Waals surface area contributed by atoms with Crippen molar-refractivity contribution >= 4 is 17.4 Å². The van der Waals surface area contributed by atoms with Crippen LogP contribution in [0.15, 0.2) is 18.2 Å². The van der Waals surface area contributed by atoms with Gasteiger partial charge >= 0.3 is 6.03 Å². The topological polar surface area (TPSA) is 55.8 Å². The molecule has 0 aliphatic carbocycles. The largest absolute Gasteiger partial charge is 0.391 e. The SMILES string of the molecule is O=C(Nc1cc(F)ccc1N1CCCCC1)N1CC[C@H](O)C1. The first kappa shape index (κ1) is 15.1. The molecule has 1 aromatic carbocycles. The van der Waals surface area contributed by atoms with Crippen LogP contribution in [0.1, 0.15) is 25.7 Å². The van der Waals surface area contributed by atoms with Crippen molar-refractivity contribution in [2.75, 3.05) is 36.4 Å². The predicted molar refractivity (Wildman–Crippen MR) is 83.7 cm³/mol. The number of amides is 2. The van der Waals surface area contributed by atoms with Crippen LogP contribution in [0, 0.1) is 5.82 Å². The summed E-state index contributed by atoms with van der Waals surface area (Å²) in [5, 5.41) is 12.3. The van der Waals surface area contributed by atoms with E-state index in [0.717, 1.165) is 31.6 Å². The van der Waals surface area contributed by atoms with Crippen LogP contribution in [0.3, 0.4) is 0 Å². The molecule has 2 fully saturated rings. The molecular weight excluding hydrogens is 285 g/mol. The van der Waals surface area contributed by atoms with Gasteiger partial charge in [-0.15, -0.1) is 0 Å². The van der Waals surface area contributed by atoms with Gasteiger partial charge in [-0.2, -0.15) is 0 Å². The summed E-state index contributed by atoms with van der Waals surface area (Å²) in [6.07, 6.45) is 3.58. The first-order valence-corrected chi connectivity index (χ1v) is 7.92. The number of aliphatic hydroxyl groups is 1. The number of carbonyl (C=O) groups excluding carboxylic acids is 1. The molecule has 2 amide bonds. The molecule has 2 aliphatic heterocycles. The van der Waals surface area contributed by atoms with Gasteiger partial charge in [0.25, 0.3) is 0 Å². The van der Waals surface area contributed by atoms with Gasteiger partial charge in [0.05, 0.1) is 17.5 Å². The van der Waals surface area contributed by atoms with E-state index in [2.05, 4.69) is 10.2 Å². The second-order valence-electron chi connectivity index (χ2n) is 6.03. The number of carbonyl (C=O) groups is 1. The molecule has 2 saturated heterocycles. The van der Waals surface area contributed by atoms with Gasteiger partial charge in [-0.05, 0) is 43.9 Å². The molecule has 0 radical (unpaired) electrons. The van der Waals surface area contributed by atoms with Crippen LogP contribution in [-0.4, -0.2) is 48.3 Å². The van der Waals surface area contributed by atoms with Gasteiger partial charge in [0, 0.05) is 26.2 Å². The lowest BCUT2D eigenvalue weighted by atomic mass is 10.1. The molecule has 2 N–H and O–H groups in total. The zero-order valence-electron chi connectivity index (χ0n) is 12.6. The summed E-state index contributed by atoms with van der Waals surface area (Å²) in [7, 11) is 0. The fourth-order valence-electron chi connectivity index (χ4n) is 3.14. The van der Waals surface area contributed by atoms with E-state index >= 15 is 0 Å². The van der Waals surface area contributed by atoms with E-state index in [4.69, 9.17) is 0 Å². The Bertz CT molecular complexity index is 546. The van der Waals surface area contributed by atoms with Crippen LogP contribution < -0.4 is 10.2 Å². The van der Waals surface area contributed by atoms with Crippen molar-refractivity contribution < 1.29 is 14.3 Å². The first-order valence-electron chi connectivity index (χ1n) is 7.92. The number of halogens is 1. The maximum absolute atomic E-state index is 13.6. The molecule has 1 atom stereocenters. The van der Waals surface area contributed by atoms with E-state index < -0.39 is 6.10 Å². The van der Waals surface area contributed by atoms with Crippen LogP contribution in [0.2, 0.25) is 0 Å². The molecule has 120 valence electrons. The molecule has 0 saturated carbocycles. The summed E-state index contributed by atoms with van der Waals surface area (Å²) < 4.78 is 13.6. The van der Waals surface area contributed by atoms with E-state index in [1.54, 1.807) is 11.0 Å². The number of nitrogens with one attached hydrogen (secondary N) is 1. The number of urea groups is 1. The molecular formula is C16H22FN3O2. The van der Waals surface area contributed by atoms with Crippen molar-refractivity contribution in [2.45, 2.75) is 31.8 Å². The van der Waals surface area contributed by atoms with Crippen molar-refractivity contribution in [1.29, 1.82) is 0 Å². The number of anilines is 2. The Labute approximate surface area is 129 Å². The molecule has 0 bridgehead atoms. The maximum Gasteiger partial charge on any atom is 0.321 e. The minimum absolute atomic E-state index is 0.277. The summed E-state index contributed by atoms with van der Waals surface area (Å²) in [5.74, 6) is -0.363. The molecule has 22 heavy (non-hydrogen) atoms. The first-order chi connectivity index (χ1) is 10.6. The average Bonchev–Trinajstić information content (AvgIpc) is 2.95. The van der Waals surface area contributed by atoms with Crippen molar-refractivity contribution in [3.63, 3.8) is 0 Å². The fourth-order valence-corrected chi connectivity index (χ4v) is 3.14. The van der Waals surface area contributed by atoms with Crippen molar-refractivity contribution in [3.8, 4) is 0 Å². The number of rotatable bonds is 2. The Morgan fingerprint density at radius 2 is 2.00 bits per heavy atom. The fraction of sp³-hybridized carbons (Fsp3) is 0.562. The minimum atomic E-state index is -0.458. The highest BCUT2D eigenvalue weighted by Crippen LogP contribution is 2.29. The lowest BCUT2D eigenvalue weighted by Gasteiger charge is -2.31. The number of aliphatic hydroxyl groups excluding tert-OH is 1. The molecule has 6 heteroatoms. The van der Waals surface area contributed by atoms with E-state index in [1.165, 1.54) is 18.6 Å². The number of nitrogens with zero attached hydrogens (tertiary/aromatic N) is 2. The smallest absolute Gasteiger partial charge is 0.321 e. The van der Waals surface area contributed by atoms with Crippen LogP contribution >= 0.6 is 0 Å². The molecule has 0 spiro atoms. The third kappa shape index (κ3) is 3.32. The molecule has 1 aromatic rings. The number of benzene rings is 1. The number of hydrogen-bond acceptors (Lipinski definition) is 3. The lowest BCUT2D eigenvalue weighted by molar-refractivity contribution is 0.176. The number of likely N-dealkylation sites (tertiary alicyclic amines) is 1. The summed E-state index contributed by atoms with van der Waals surface area (Å²) in [5.41, 5.74) is 1.38. The third-order valence-corrected chi connectivity index (χ3v) is 4.35. The standard InChI is InChI=1S/C16H22FN3O2/c17-12-4-5-15(19-7-2-1-3-8-19)14(10-12)18-16(22)20-9-6-13(21)11-20/h4-5,10,13,21H,1-3,6-9,11H2,(H,18,22)/t13-/m0/s1. The number of piperidine rings is 1. The molecule has 2 aliphatic rings. The molecule has 0 unspecified atom stereocenters. The van der Waals surface area contributed by atoms with Gasteiger partial charge in [-0.3, -0.25) is 0 Å². The van der Waals surface area contributed by atoms with Gasteiger partial charge in [0.1, 0.15) is 5.82 Å². The molecule has 2 heterocycles. The van der Waals surface area contributed by atoms with Gasteiger partial charge in [0.15, 0.2) is 0 Å². The molecule has 5 nitrogen and oxygen atoms in total. The van der Waals surface area contributed by atoms with Crippen LogP contribution in [0.25, 0.3) is 0 Å². The van der Waals surface area contributed by atoms with E-state index in [0.29, 0.717) is 25.2 Å². The highest BCUT2D eigenvalue weighted by molar-refractivity contribution is 5.93.